The lowest BCUT2D eigenvalue weighted by molar-refractivity contribution is -0.141. The summed E-state index contributed by atoms with van der Waals surface area (Å²) in [4.78, 5) is 20.4. The Kier molecular flexibility index (Phi) is 4.96. The van der Waals surface area contributed by atoms with Crippen LogP contribution in [-0.4, -0.2) is 61.8 Å². The quantitative estimate of drug-likeness (QED) is 0.526. The van der Waals surface area contributed by atoms with Crippen LogP contribution in [0.2, 0.25) is 0 Å². The summed E-state index contributed by atoms with van der Waals surface area (Å²) in [5, 5.41) is 4.81. The molecule has 0 unspecified atom stereocenters. The van der Waals surface area contributed by atoms with Crippen LogP contribution in [0.1, 0.15) is 30.6 Å². The first-order chi connectivity index (χ1) is 15.8. The number of anilines is 2. The first kappa shape index (κ1) is 22.7. The van der Waals surface area contributed by atoms with Crippen LogP contribution in [0.15, 0.2) is 12.3 Å². The molecule has 2 aliphatic heterocycles. The Balaban J connectivity index is 1.33. The van der Waals surface area contributed by atoms with Crippen molar-refractivity contribution in [2.24, 2.45) is 5.41 Å². The summed E-state index contributed by atoms with van der Waals surface area (Å²) in [7, 11) is 0. The molecule has 0 N–H and O–H groups in total. The number of nitrogens with zero attached hydrogens (tertiary/aromatic N) is 8. The lowest BCUT2D eigenvalue weighted by Gasteiger charge is -2.48. The highest BCUT2D eigenvalue weighted by atomic mass is 19.4. The number of alkyl halides is 5. The van der Waals surface area contributed by atoms with Crippen molar-refractivity contribution in [3.05, 3.63) is 29.5 Å². The minimum absolute atomic E-state index is 0.0742. The summed E-state index contributed by atoms with van der Waals surface area (Å²) in [6, 6.07) is 0.983. The predicted octanol–water partition coefficient (Wildman–Crippen LogP) is 3.62. The number of hydrogen-bond acceptors (Lipinski definition) is 7. The van der Waals surface area contributed by atoms with Gasteiger partial charge in [0, 0.05) is 50.8 Å². The second-order valence-corrected chi connectivity index (χ2v) is 9.40. The number of halogens is 5. The monoisotopic (exact) mass is 482 g/mol. The molecule has 8 nitrogen and oxygen atoms in total. The van der Waals surface area contributed by atoms with Gasteiger partial charge in [0.05, 0.1) is 11.1 Å². The fourth-order valence-corrected chi connectivity index (χ4v) is 4.77. The molecule has 2 fully saturated rings. The standard InChI is InChI=1S/C21H23F5N8/c1-12-14-7-27-18(30-17(14)34(31-12)8-19(3,22)23)32-5-4-20(9-32)10-33(11-20)16-6-15(21(24,25)26)28-13(2)29-16/h6-7H,4-5,8-11H2,1-3H3. The Bertz CT molecular complexity index is 1240. The third-order valence-corrected chi connectivity index (χ3v) is 6.30. The van der Waals surface area contributed by atoms with E-state index in [0.717, 1.165) is 19.4 Å². The lowest BCUT2D eigenvalue weighted by Crippen LogP contribution is -2.58. The summed E-state index contributed by atoms with van der Waals surface area (Å²) >= 11 is 0. The van der Waals surface area contributed by atoms with Gasteiger partial charge < -0.3 is 9.80 Å². The number of hydrogen-bond donors (Lipinski definition) is 0. The average Bonchev–Trinajstić information content (AvgIpc) is 3.27. The second-order valence-electron chi connectivity index (χ2n) is 9.40. The van der Waals surface area contributed by atoms with Gasteiger partial charge in [-0.3, -0.25) is 0 Å². The number of rotatable bonds is 4. The van der Waals surface area contributed by atoms with Crippen LogP contribution in [0.3, 0.4) is 0 Å². The molecule has 2 aliphatic rings. The summed E-state index contributed by atoms with van der Waals surface area (Å²) in [5.41, 5.74) is -0.134. The molecule has 0 bridgehead atoms. The molecule has 3 aromatic rings. The molecule has 34 heavy (non-hydrogen) atoms. The molecule has 5 rings (SSSR count). The molecule has 5 heterocycles. The van der Waals surface area contributed by atoms with E-state index in [9.17, 15) is 22.0 Å². The molecular weight excluding hydrogens is 459 g/mol. The van der Waals surface area contributed by atoms with Gasteiger partial charge in [-0.1, -0.05) is 0 Å². The molecule has 0 amide bonds. The van der Waals surface area contributed by atoms with E-state index in [1.54, 1.807) is 13.1 Å². The van der Waals surface area contributed by atoms with Crippen LogP contribution in [0.5, 0.6) is 0 Å². The Morgan fingerprint density at radius 1 is 1.00 bits per heavy atom. The molecule has 0 saturated carbocycles. The fourth-order valence-electron chi connectivity index (χ4n) is 4.77. The second kappa shape index (κ2) is 7.44. The Hall–Kier alpha value is -3.12. The van der Waals surface area contributed by atoms with E-state index in [4.69, 9.17) is 0 Å². The van der Waals surface area contributed by atoms with E-state index in [2.05, 4.69) is 25.0 Å². The minimum atomic E-state index is -4.53. The zero-order valence-electron chi connectivity index (χ0n) is 18.9. The average molecular weight is 482 g/mol. The van der Waals surface area contributed by atoms with Crippen molar-refractivity contribution in [3.8, 4) is 0 Å². The number of aromatic nitrogens is 6. The van der Waals surface area contributed by atoms with Crippen LogP contribution in [-0.2, 0) is 12.7 Å². The van der Waals surface area contributed by atoms with Gasteiger partial charge in [0.1, 0.15) is 23.9 Å². The van der Waals surface area contributed by atoms with Gasteiger partial charge in [-0.25, -0.2) is 28.4 Å². The maximum atomic E-state index is 13.6. The van der Waals surface area contributed by atoms with Crippen LogP contribution in [0.25, 0.3) is 11.0 Å². The minimum Gasteiger partial charge on any atom is -0.355 e. The predicted molar refractivity (Wildman–Crippen MR) is 114 cm³/mol. The van der Waals surface area contributed by atoms with Crippen molar-refractivity contribution in [3.63, 3.8) is 0 Å². The van der Waals surface area contributed by atoms with E-state index >= 15 is 0 Å². The van der Waals surface area contributed by atoms with Gasteiger partial charge in [0.25, 0.3) is 5.92 Å². The third-order valence-electron chi connectivity index (χ3n) is 6.30. The van der Waals surface area contributed by atoms with Gasteiger partial charge in [-0.05, 0) is 20.3 Å². The fraction of sp³-hybridized carbons (Fsp3) is 0.571. The largest absolute Gasteiger partial charge is 0.433 e. The molecule has 3 aromatic heterocycles. The molecular formula is C21H23F5N8. The zero-order valence-corrected chi connectivity index (χ0v) is 18.9. The molecule has 0 aromatic carbocycles. The Labute approximate surface area is 191 Å². The van der Waals surface area contributed by atoms with Crippen LogP contribution >= 0.6 is 0 Å². The third kappa shape index (κ3) is 4.11. The highest BCUT2D eigenvalue weighted by Gasteiger charge is 2.49. The van der Waals surface area contributed by atoms with E-state index in [1.807, 2.05) is 9.80 Å². The molecule has 0 radical (unpaired) electrons. The Morgan fingerprint density at radius 3 is 2.38 bits per heavy atom. The van der Waals surface area contributed by atoms with Gasteiger partial charge in [-0.2, -0.15) is 23.3 Å². The molecule has 182 valence electrons. The van der Waals surface area contributed by atoms with E-state index in [0.29, 0.717) is 48.9 Å². The first-order valence-electron chi connectivity index (χ1n) is 10.8. The van der Waals surface area contributed by atoms with Crippen LogP contribution in [0.4, 0.5) is 33.7 Å². The molecule has 1 spiro atoms. The lowest BCUT2D eigenvalue weighted by atomic mass is 9.79. The highest BCUT2D eigenvalue weighted by molar-refractivity contribution is 5.78. The summed E-state index contributed by atoms with van der Waals surface area (Å²) in [6.45, 7) is 5.81. The smallest absolute Gasteiger partial charge is 0.355 e. The van der Waals surface area contributed by atoms with Crippen molar-refractivity contribution < 1.29 is 22.0 Å². The van der Waals surface area contributed by atoms with Gasteiger partial charge in [0.15, 0.2) is 5.65 Å². The van der Waals surface area contributed by atoms with Crippen molar-refractivity contribution in [1.82, 2.24) is 29.7 Å². The van der Waals surface area contributed by atoms with Crippen molar-refractivity contribution in [1.29, 1.82) is 0 Å². The highest BCUT2D eigenvalue weighted by Crippen LogP contribution is 2.43. The normalized spacial score (nSPS) is 18.2. The topological polar surface area (TPSA) is 75.9 Å². The van der Waals surface area contributed by atoms with Crippen molar-refractivity contribution in [2.75, 3.05) is 36.0 Å². The molecule has 0 aliphatic carbocycles. The summed E-state index contributed by atoms with van der Waals surface area (Å²) in [6.07, 6.45) is -2.12. The Morgan fingerprint density at radius 2 is 1.71 bits per heavy atom. The van der Waals surface area contributed by atoms with E-state index in [-0.39, 0.29) is 17.1 Å². The maximum absolute atomic E-state index is 13.6. The maximum Gasteiger partial charge on any atom is 0.433 e. The number of aryl methyl sites for hydroxylation is 2. The van der Waals surface area contributed by atoms with E-state index in [1.165, 1.54) is 11.6 Å². The van der Waals surface area contributed by atoms with Crippen LogP contribution in [0, 0.1) is 19.3 Å². The first-order valence-corrected chi connectivity index (χ1v) is 10.8. The SMILES string of the molecule is Cc1nc(N2CC3(CCN(c4ncc5c(C)nn(CC(C)(F)F)c5n4)C3)C2)cc(C(F)(F)F)n1. The van der Waals surface area contributed by atoms with Crippen LogP contribution < -0.4 is 9.80 Å². The summed E-state index contributed by atoms with van der Waals surface area (Å²) < 4.78 is 67.8. The van der Waals surface area contributed by atoms with Gasteiger partial charge in [0.2, 0.25) is 5.95 Å². The van der Waals surface area contributed by atoms with Crippen molar-refractivity contribution >= 4 is 22.8 Å². The molecule has 13 heteroatoms. The molecule has 2 saturated heterocycles. The zero-order chi connectivity index (χ0) is 24.5. The molecule has 0 atom stereocenters. The van der Waals surface area contributed by atoms with Gasteiger partial charge >= 0.3 is 6.18 Å². The van der Waals surface area contributed by atoms with Gasteiger partial charge in [-0.15, -0.1) is 0 Å². The summed E-state index contributed by atoms with van der Waals surface area (Å²) in [5.74, 6) is -2.17. The number of fused-ring (bicyclic) bond motifs is 1. The van der Waals surface area contributed by atoms with Crippen molar-refractivity contribution in [2.45, 2.75) is 45.8 Å². The van der Waals surface area contributed by atoms with E-state index < -0.39 is 24.3 Å².